The van der Waals surface area contributed by atoms with Crippen molar-refractivity contribution in [3.8, 4) is 11.5 Å². The van der Waals surface area contributed by atoms with Gasteiger partial charge < -0.3 is 19.3 Å². The molecule has 6 nitrogen and oxygen atoms in total. The average Bonchev–Trinajstić information content (AvgIpc) is 2.74. The van der Waals surface area contributed by atoms with Gasteiger partial charge in [0.2, 0.25) is 5.91 Å². The predicted molar refractivity (Wildman–Crippen MR) is 104 cm³/mol. The maximum Gasteiger partial charge on any atom is 0.226 e. The highest BCUT2D eigenvalue weighted by Gasteiger charge is 2.21. The smallest absolute Gasteiger partial charge is 0.226 e. The zero-order valence-corrected chi connectivity index (χ0v) is 15.5. The van der Waals surface area contributed by atoms with Gasteiger partial charge in [-0.1, -0.05) is 6.07 Å². The number of methoxy groups -OCH3 is 1. The topological polar surface area (TPSA) is 59.1 Å². The van der Waals surface area contributed by atoms with Crippen LogP contribution in [0.25, 0.3) is 0 Å². The number of carbonyl (C=O) groups excluding carboxylic acids is 2. The number of rotatable bonds is 7. The highest BCUT2D eigenvalue weighted by molar-refractivity contribution is 5.77. The van der Waals surface area contributed by atoms with Gasteiger partial charge in [0.05, 0.1) is 20.1 Å². The lowest BCUT2D eigenvalue weighted by atomic mass is 10.2. The van der Waals surface area contributed by atoms with Crippen molar-refractivity contribution in [3.05, 3.63) is 54.1 Å². The van der Waals surface area contributed by atoms with Crippen molar-refractivity contribution in [1.82, 2.24) is 4.90 Å². The number of hydrogen-bond donors (Lipinski definition) is 0. The zero-order valence-electron chi connectivity index (χ0n) is 15.5. The summed E-state index contributed by atoms with van der Waals surface area (Å²) in [5.74, 6) is 1.54. The first-order valence-corrected chi connectivity index (χ1v) is 9.04. The van der Waals surface area contributed by atoms with E-state index in [1.54, 1.807) is 13.2 Å². The molecule has 6 heteroatoms. The van der Waals surface area contributed by atoms with Gasteiger partial charge in [0.1, 0.15) is 17.8 Å². The van der Waals surface area contributed by atoms with E-state index in [4.69, 9.17) is 9.47 Å². The molecule has 1 aliphatic rings. The Morgan fingerprint density at radius 3 is 2.41 bits per heavy atom. The Kier molecular flexibility index (Phi) is 6.30. The Morgan fingerprint density at radius 2 is 1.74 bits per heavy atom. The van der Waals surface area contributed by atoms with Crippen LogP contribution >= 0.6 is 0 Å². The van der Waals surface area contributed by atoms with E-state index in [0.29, 0.717) is 37.4 Å². The summed E-state index contributed by atoms with van der Waals surface area (Å²) in [5.41, 5.74) is 1.75. The fourth-order valence-electron chi connectivity index (χ4n) is 3.08. The van der Waals surface area contributed by atoms with E-state index < -0.39 is 0 Å². The highest BCUT2D eigenvalue weighted by Crippen LogP contribution is 2.20. The molecule has 2 aromatic carbocycles. The number of piperazine rings is 1. The van der Waals surface area contributed by atoms with Gasteiger partial charge in [0.15, 0.2) is 0 Å². The van der Waals surface area contributed by atoms with Crippen molar-refractivity contribution < 1.29 is 19.1 Å². The van der Waals surface area contributed by atoms with E-state index in [1.807, 2.05) is 47.4 Å². The Hall–Kier alpha value is -3.02. The number of anilines is 1. The SMILES string of the molecule is COc1cccc(OCCC(=O)N2CCN(c3ccc(C=O)cc3)CC2)c1. The molecule has 2 aromatic rings. The summed E-state index contributed by atoms with van der Waals surface area (Å²) < 4.78 is 10.8. The summed E-state index contributed by atoms with van der Waals surface area (Å²) in [4.78, 5) is 27.3. The summed E-state index contributed by atoms with van der Waals surface area (Å²) in [7, 11) is 1.61. The van der Waals surface area contributed by atoms with Crippen molar-refractivity contribution in [2.75, 3.05) is 44.8 Å². The molecular weight excluding hydrogens is 344 g/mol. The molecule has 0 atom stereocenters. The molecule has 1 heterocycles. The maximum absolute atomic E-state index is 12.4. The van der Waals surface area contributed by atoms with Crippen LogP contribution in [-0.4, -0.2) is 57.0 Å². The molecule has 27 heavy (non-hydrogen) atoms. The first-order chi connectivity index (χ1) is 13.2. The number of ether oxygens (including phenoxy) is 2. The molecule has 0 unspecified atom stereocenters. The van der Waals surface area contributed by atoms with Crippen molar-refractivity contribution in [3.63, 3.8) is 0 Å². The molecule has 1 aliphatic heterocycles. The van der Waals surface area contributed by atoms with E-state index >= 15 is 0 Å². The van der Waals surface area contributed by atoms with Crippen molar-refractivity contribution in [2.24, 2.45) is 0 Å². The largest absolute Gasteiger partial charge is 0.497 e. The number of carbonyl (C=O) groups is 2. The van der Waals surface area contributed by atoms with Crippen LogP contribution in [0.5, 0.6) is 11.5 Å². The lowest BCUT2D eigenvalue weighted by Gasteiger charge is -2.36. The maximum atomic E-state index is 12.4. The molecule has 0 bridgehead atoms. The lowest BCUT2D eigenvalue weighted by Crippen LogP contribution is -2.49. The minimum absolute atomic E-state index is 0.105. The van der Waals surface area contributed by atoms with E-state index in [2.05, 4.69) is 4.90 Å². The van der Waals surface area contributed by atoms with Crippen LogP contribution in [0.15, 0.2) is 48.5 Å². The predicted octanol–water partition coefficient (Wildman–Crippen LogP) is 2.63. The molecule has 0 radical (unpaired) electrons. The molecule has 0 saturated carbocycles. The molecule has 0 N–H and O–H groups in total. The van der Waals surface area contributed by atoms with Crippen LogP contribution in [-0.2, 0) is 4.79 Å². The van der Waals surface area contributed by atoms with Crippen LogP contribution in [0, 0.1) is 0 Å². The van der Waals surface area contributed by atoms with E-state index in [1.165, 1.54) is 0 Å². The average molecular weight is 368 g/mol. The molecule has 142 valence electrons. The minimum Gasteiger partial charge on any atom is -0.497 e. The summed E-state index contributed by atoms with van der Waals surface area (Å²) in [6, 6.07) is 14.9. The second-order valence-corrected chi connectivity index (χ2v) is 6.35. The Labute approximate surface area is 159 Å². The highest BCUT2D eigenvalue weighted by atomic mass is 16.5. The van der Waals surface area contributed by atoms with Gasteiger partial charge in [-0.2, -0.15) is 0 Å². The van der Waals surface area contributed by atoms with Gasteiger partial charge in [-0.3, -0.25) is 9.59 Å². The van der Waals surface area contributed by atoms with Crippen LogP contribution in [0.4, 0.5) is 5.69 Å². The third-order valence-electron chi connectivity index (χ3n) is 4.65. The van der Waals surface area contributed by atoms with Gasteiger partial charge in [0.25, 0.3) is 0 Å². The number of amides is 1. The number of benzene rings is 2. The molecule has 0 spiro atoms. The molecule has 0 aromatic heterocycles. The second-order valence-electron chi connectivity index (χ2n) is 6.35. The fraction of sp³-hybridized carbons (Fsp3) is 0.333. The van der Waals surface area contributed by atoms with Crippen molar-refractivity contribution >= 4 is 17.9 Å². The summed E-state index contributed by atoms with van der Waals surface area (Å²) in [5, 5.41) is 0. The van der Waals surface area contributed by atoms with Gasteiger partial charge in [-0.05, 0) is 36.4 Å². The molecule has 1 amide bonds. The van der Waals surface area contributed by atoms with Gasteiger partial charge in [-0.15, -0.1) is 0 Å². The van der Waals surface area contributed by atoms with E-state index in [-0.39, 0.29) is 5.91 Å². The Morgan fingerprint density at radius 1 is 1.04 bits per heavy atom. The summed E-state index contributed by atoms with van der Waals surface area (Å²) >= 11 is 0. The first-order valence-electron chi connectivity index (χ1n) is 9.04. The third-order valence-corrected chi connectivity index (χ3v) is 4.65. The van der Waals surface area contributed by atoms with Crippen LogP contribution in [0.3, 0.4) is 0 Å². The molecule has 3 rings (SSSR count). The van der Waals surface area contributed by atoms with Crippen molar-refractivity contribution in [1.29, 1.82) is 0 Å². The summed E-state index contributed by atoms with van der Waals surface area (Å²) in [6.45, 7) is 3.28. The van der Waals surface area contributed by atoms with Gasteiger partial charge in [0, 0.05) is 43.5 Å². The molecule has 1 fully saturated rings. The number of aldehydes is 1. The fourth-order valence-corrected chi connectivity index (χ4v) is 3.08. The minimum atomic E-state index is 0.105. The summed E-state index contributed by atoms with van der Waals surface area (Å²) in [6.07, 6.45) is 1.19. The van der Waals surface area contributed by atoms with E-state index in [9.17, 15) is 9.59 Å². The van der Waals surface area contributed by atoms with Crippen LogP contribution < -0.4 is 14.4 Å². The van der Waals surface area contributed by atoms with E-state index in [0.717, 1.165) is 30.8 Å². The second kappa shape index (κ2) is 9.07. The van der Waals surface area contributed by atoms with Crippen LogP contribution in [0.1, 0.15) is 16.8 Å². The van der Waals surface area contributed by atoms with Crippen molar-refractivity contribution in [2.45, 2.75) is 6.42 Å². The molecule has 1 saturated heterocycles. The zero-order chi connectivity index (χ0) is 19.1. The normalized spacial score (nSPS) is 14.0. The third kappa shape index (κ3) is 5.00. The number of hydrogen-bond acceptors (Lipinski definition) is 5. The Balaban J connectivity index is 1.43. The van der Waals surface area contributed by atoms with Gasteiger partial charge in [-0.25, -0.2) is 0 Å². The van der Waals surface area contributed by atoms with Gasteiger partial charge >= 0.3 is 0 Å². The first kappa shape index (κ1) is 18.8. The Bertz CT molecular complexity index is 768. The standard InChI is InChI=1S/C21H24N2O4/c1-26-19-3-2-4-20(15-19)27-14-9-21(25)23-12-10-22(11-13-23)18-7-5-17(16-24)6-8-18/h2-8,15-16H,9-14H2,1H3. The number of nitrogens with zero attached hydrogens (tertiary/aromatic N) is 2. The monoisotopic (exact) mass is 368 g/mol. The molecule has 0 aliphatic carbocycles. The van der Waals surface area contributed by atoms with Crippen LogP contribution in [0.2, 0.25) is 0 Å². The lowest BCUT2D eigenvalue weighted by molar-refractivity contribution is -0.132. The molecular formula is C21H24N2O4. The quantitative estimate of drug-likeness (QED) is 0.703.